The predicted octanol–water partition coefficient (Wildman–Crippen LogP) is 1.98. The minimum Gasteiger partial charge on any atom is -0.493 e. The second-order valence-corrected chi connectivity index (χ2v) is 6.07. The van der Waals surface area contributed by atoms with Crippen LogP contribution >= 0.6 is 15.9 Å². The van der Waals surface area contributed by atoms with Gasteiger partial charge in [0.25, 0.3) is 0 Å². The number of hydrogen-bond donors (Lipinski definition) is 2. The molecule has 1 aliphatic heterocycles. The second kappa shape index (κ2) is 5.92. The van der Waals surface area contributed by atoms with E-state index in [1.165, 1.54) is 5.56 Å². The van der Waals surface area contributed by atoms with E-state index in [1.54, 1.807) is 0 Å². The molecule has 1 aromatic carbocycles. The number of halogens is 1. The number of benzene rings is 1. The van der Waals surface area contributed by atoms with Gasteiger partial charge in [0.1, 0.15) is 5.75 Å². The molecule has 0 bridgehead atoms. The fourth-order valence-electron chi connectivity index (χ4n) is 2.36. The van der Waals surface area contributed by atoms with Crippen LogP contribution in [0.5, 0.6) is 5.75 Å². The number of rotatable bonds is 5. The quantitative estimate of drug-likeness (QED) is 0.869. The lowest BCUT2D eigenvalue weighted by Gasteiger charge is -2.20. The van der Waals surface area contributed by atoms with E-state index in [4.69, 9.17) is 10.5 Å². The lowest BCUT2D eigenvalue weighted by atomic mass is 10.0. The number of primary amides is 1. The first-order valence-electron chi connectivity index (χ1n) is 6.46. The van der Waals surface area contributed by atoms with Gasteiger partial charge < -0.3 is 15.8 Å². The Morgan fingerprint density at radius 3 is 2.89 bits per heavy atom. The van der Waals surface area contributed by atoms with Gasteiger partial charge in [-0.15, -0.1) is 0 Å². The molecule has 104 valence electrons. The topological polar surface area (TPSA) is 64.3 Å². The molecule has 0 radical (unpaired) electrons. The Morgan fingerprint density at radius 2 is 2.26 bits per heavy atom. The van der Waals surface area contributed by atoms with Gasteiger partial charge in [-0.1, -0.05) is 29.8 Å². The number of ether oxygens (including phenoxy) is 1. The van der Waals surface area contributed by atoms with Gasteiger partial charge in [-0.2, -0.15) is 0 Å². The van der Waals surface area contributed by atoms with Crippen LogP contribution in [0, 0.1) is 5.92 Å². The van der Waals surface area contributed by atoms with Gasteiger partial charge in [0.05, 0.1) is 12.6 Å². The van der Waals surface area contributed by atoms with Crippen molar-refractivity contribution < 1.29 is 9.53 Å². The lowest BCUT2D eigenvalue weighted by molar-refractivity contribution is -0.121. The molecule has 0 saturated heterocycles. The van der Waals surface area contributed by atoms with Crippen LogP contribution in [0.25, 0.3) is 0 Å². The van der Waals surface area contributed by atoms with Crippen LogP contribution in [0.1, 0.15) is 25.0 Å². The zero-order valence-corrected chi connectivity index (χ0v) is 12.8. The standard InChI is InChI=1S/C14H19BrN2O2/c1-8(2)12(14(16)18)17-7-10-6-11(15)5-9-3-4-19-13(9)10/h5-6,8,12,17H,3-4,7H2,1-2H3,(H2,16,18). The fraction of sp³-hybridized carbons (Fsp3) is 0.500. The molecule has 4 nitrogen and oxygen atoms in total. The van der Waals surface area contributed by atoms with E-state index in [1.807, 2.05) is 19.9 Å². The highest BCUT2D eigenvalue weighted by atomic mass is 79.9. The monoisotopic (exact) mass is 326 g/mol. The van der Waals surface area contributed by atoms with Crippen LogP contribution in [0.3, 0.4) is 0 Å². The summed E-state index contributed by atoms with van der Waals surface area (Å²) in [5.74, 6) is 0.795. The van der Waals surface area contributed by atoms with Gasteiger partial charge in [-0.05, 0) is 23.6 Å². The molecule has 2 rings (SSSR count). The molecule has 1 heterocycles. The van der Waals surface area contributed by atoms with Crippen molar-refractivity contribution in [2.45, 2.75) is 32.9 Å². The van der Waals surface area contributed by atoms with Crippen LogP contribution in [-0.4, -0.2) is 18.6 Å². The number of nitrogens with two attached hydrogens (primary N) is 1. The van der Waals surface area contributed by atoms with Crippen molar-refractivity contribution in [1.29, 1.82) is 0 Å². The molecule has 5 heteroatoms. The number of carbonyl (C=O) groups is 1. The molecule has 0 aromatic heterocycles. The van der Waals surface area contributed by atoms with E-state index in [2.05, 4.69) is 27.3 Å². The van der Waals surface area contributed by atoms with Gasteiger partial charge in [-0.3, -0.25) is 4.79 Å². The van der Waals surface area contributed by atoms with E-state index in [0.717, 1.165) is 28.8 Å². The van der Waals surface area contributed by atoms with Crippen LogP contribution in [0.15, 0.2) is 16.6 Å². The molecule has 1 atom stereocenters. The second-order valence-electron chi connectivity index (χ2n) is 5.16. The Kier molecular flexibility index (Phi) is 4.47. The van der Waals surface area contributed by atoms with Crippen molar-refractivity contribution in [3.63, 3.8) is 0 Å². The maximum Gasteiger partial charge on any atom is 0.234 e. The molecule has 19 heavy (non-hydrogen) atoms. The molecule has 0 spiro atoms. The lowest BCUT2D eigenvalue weighted by Crippen LogP contribution is -2.44. The average Bonchev–Trinajstić information content (AvgIpc) is 2.75. The first-order chi connectivity index (χ1) is 8.99. The Labute approximate surface area is 121 Å². The first-order valence-corrected chi connectivity index (χ1v) is 7.25. The highest BCUT2D eigenvalue weighted by molar-refractivity contribution is 9.10. The highest BCUT2D eigenvalue weighted by Gasteiger charge is 2.21. The van der Waals surface area contributed by atoms with Crippen molar-refractivity contribution in [2.75, 3.05) is 6.61 Å². The third-order valence-corrected chi connectivity index (χ3v) is 3.77. The minimum absolute atomic E-state index is 0.165. The van der Waals surface area contributed by atoms with Crippen LogP contribution in [-0.2, 0) is 17.8 Å². The molecule has 1 aromatic rings. The maximum atomic E-state index is 11.4. The average molecular weight is 327 g/mol. The Morgan fingerprint density at radius 1 is 1.53 bits per heavy atom. The summed E-state index contributed by atoms with van der Waals surface area (Å²) in [7, 11) is 0. The van der Waals surface area contributed by atoms with Crippen LogP contribution in [0.4, 0.5) is 0 Å². The van der Waals surface area contributed by atoms with Crippen LogP contribution in [0.2, 0.25) is 0 Å². The smallest absolute Gasteiger partial charge is 0.234 e. The normalized spacial score (nSPS) is 15.2. The van der Waals surface area contributed by atoms with E-state index < -0.39 is 0 Å². The number of amides is 1. The number of carbonyl (C=O) groups excluding carboxylic acids is 1. The molecule has 1 aliphatic rings. The molecule has 1 unspecified atom stereocenters. The molecule has 1 amide bonds. The molecule has 0 saturated carbocycles. The van der Waals surface area contributed by atoms with Crippen molar-refractivity contribution in [1.82, 2.24) is 5.32 Å². The van der Waals surface area contributed by atoms with Gasteiger partial charge in [0.15, 0.2) is 0 Å². The SMILES string of the molecule is CC(C)C(NCc1cc(Br)cc2c1OCC2)C(N)=O. The van der Waals surface area contributed by atoms with Gasteiger partial charge in [-0.25, -0.2) is 0 Å². The summed E-state index contributed by atoms with van der Waals surface area (Å²) in [4.78, 5) is 11.4. The van der Waals surface area contributed by atoms with Crippen molar-refractivity contribution in [3.05, 3.63) is 27.7 Å². The van der Waals surface area contributed by atoms with E-state index in [0.29, 0.717) is 6.54 Å². The van der Waals surface area contributed by atoms with Crippen molar-refractivity contribution >= 4 is 21.8 Å². The number of hydrogen-bond acceptors (Lipinski definition) is 3. The molecule has 0 aliphatic carbocycles. The summed E-state index contributed by atoms with van der Waals surface area (Å²) in [5.41, 5.74) is 7.68. The Hall–Kier alpha value is -1.07. The summed E-state index contributed by atoms with van der Waals surface area (Å²) in [6.45, 7) is 5.25. The maximum absolute atomic E-state index is 11.4. The number of fused-ring (bicyclic) bond motifs is 1. The zero-order valence-electron chi connectivity index (χ0n) is 11.2. The minimum atomic E-state index is -0.323. The Balaban J connectivity index is 2.14. The number of nitrogens with one attached hydrogen (secondary N) is 1. The molecular weight excluding hydrogens is 308 g/mol. The fourth-order valence-corrected chi connectivity index (χ4v) is 2.91. The van der Waals surface area contributed by atoms with E-state index in [9.17, 15) is 4.79 Å². The molecule has 3 N–H and O–H groups in total. The molecular formula is C14H19BrN2O2. The summed E-state index contributed by atoms with van der Waals surface area (Å²) in [6, 6.07) is 3.78. The van der Waals surface area contributed by atoms with E-state index >= 15 is 0 Å². The predicted molar refractivity (Wildman–Crippen MR) is 78.0 cm³/mol. The summed E-state index contributed by atoms with van der Waals surface area (Å²) in [5, 5.41) is 3.22. The van der Waals surface area contributed by atoms with E-state index in [-0.39, 0.29) is 17.9 Å². The van der Waals surface area contributed by atoms with Crippen molar-refractivity contribution in [2.24, 2.45) is 11.7 Å². The van der Waals surface area contributed by atoms with Gasteiger partial charge in [0.2, 0.25) is 5.91 Å². The van der Waals surface area contributed by atoms with Crippen molar-refractivity contribution in [3.8, 4) is 5.75 Å². The summed E-state index contributed by atoms with van der Waals surface area (Å²) in [6.07, 6.45) is 0.936. The van der Waals surface area contributed by atoms with Crippen LogP contribution < -0.4 is 15.8 Å². The van der Waals surface area contributed by atoms with Gasteiger partial charge >= 0.3 is 0 Å². The summed E-state index contributed by atoms with van der Waals surface area (Å²) < 4.78 is 6.70. The summed E-state index contributed by atoms with van der Waals surface area (Å²) >= 11 is 3.51. The first kappa shape index (κ1) is 14.3. The third kappa shape index (κ3) is 3.28. The zero-order chi connectivity index (χ0) is 14.0. The largest absolute Gasteiger partial charge is 0.493 e. The van der Waals surface area contributed by atoms with Gasteiger partial charge in [0, 0.05) is 23.0 Å². The Bertz CT molecular complexity index is 489. The molecule has 0 fully saturated rings. The third-order valence-electron chi connectivity index (χ3n) is 3.31. The highest BCUT2D eigenvalue weighted by Crippen LogP contribution is 2.33.